The molecule has 0 aromatic heterocycles. The molecule has 108 valence electrons. The van der Waals surface area contributed by atoms with Crippen LogP contribution in [0.1, 0.15) is 39.5 Å². The molecule has 0 N–H and O–H groups in total. The van der Waals surface area contributed by atoms with Crippen LogP contribution < -0.4 is 0 Å². The van der Waals surface area contributed by atoms with Gasteiger partial charge in [0.1, 0.15) is 0 Å². The third kappa shape index (κ3) is 2.96. The molecule has 0 radical (unpaired) electrons. The Hall–Kier alpha value is -0.580. The van der Waals surface area contributed by atoms with Crippen molar-refractivity contribution in [2.45, 2.75) is 45.6 Å². The van der Waals surface area contributed by atoms with Crippen LogP contribution in [0.3, 0.4) is 0 Å². The van der Waals surface area contributed by atoms with Gasteiger partial charge in [0.25, 0.3) is 0 Å². The van der Waals surface area contributed by atoms with Gasteiger partial charge in [-0.15, -0.1) is 0 Å². The number of halogens is 1. The molecule has 1 heterocycles. The highest BCUT2D eigenvalue weighted by Gasteiger charge is 2.40. The highest BCUT2D eigenvalue weighted by molar-refractivity contribution is 9.09. The Morgan fingerprint density at radius 3 is 2.32 bits per heavy atom. The normalized spacial score (nSPS) is 23.6. The van der Waals surface area contributed by atoms with Crippen LogP contribution in [0.25, 0.3) is 0 Å². The van der Waals surface area contributed by atoms with Gasteiger partial charge in [-0.05, 0) is 32.1 Å². The lowest BCUT2D eigenvalue weighted by atomic mass is 9.88. The van der Waals surface area contributed by atoms with Crippen LogP contribution >= 0.6 is 15.9 Å². The van der Waals surface area contributed by atoms with Gasteiger partial charge in [-0.25, -0.2) is 0 Å². The Bertz CT molecular complexity index is 364. The van der Waals surface area contributed by atoms with Crippen molar-refractivity contribution in [3.8, 4) is 0 Å². The first-order chi connectivity index (χ1) is 8.99. The van der Waals surface area contributed by atoms with Crippen molar-refractivity contribution in [1.29, 1.82) is 0 Å². The van der Waals surface area contributed by atoms with Crippen LogP contribution in [0.4, 0.5) is 0 Å². The molecule has 2 fully saturated rings. The summed E-state index contributed by atoms with van der Waals surface area (Å²) in [6, 6.07) is 0.107. The monoisotopic (exact) mass is 330 g/mol. The molecule has 0 atom stereocenters. The van der Waals surface area contributed by atoms with E-state index in [1.807, 2.05) is 13.8 Å². The summed E-state index contributed by atoms with van der Waals surface area (Å²) in [5, 5.41) is 0.922. The summed E-state index contributed by atoms with van der Waals surface area (Å²) in [7, 11) is 0. The van der Waals surface area contributed by atoms with E-state index in [4.69, 9.17) is 0 Å². The molecule has 0 aromatic carbocycles. The molecule has 2 aliphatic rings. The van der Waals surface area contributed by atoms with Gasteiger partial charge in [0.2, 0.25) is 0 Å². The molecule has 5 heteroatoms. The van der Waals surface area contributed by atoms with Crippen molar-refractivity contribution in [2.24, 2.45) is 5.41 Å². The molecule has 2 amide bonds. The molecule has 2 rings (SSSR count). The van der Waals surface area contributed by atoms with Crippen LogP contribution in [0.2, 0.25) is 0 Å². The second kappa shape index (κ2) is 5.81. The van der Waals surface area contributed by atoms with Crippen LogP contribution in [-0.2, 0) is 9.59 Å². The van der Waals surface area contributed by atoms with E-state index in [1.165, 1.54) is 12.8 Å². The van der Waals surface area contributed by atoms with E-state index < -0.39 is 0 Å². The number of alkyl halides is 1. The van der Waals surface area contributed by atoms with E-state index in [-0.39, 0.29) is 23.3 Å². The predicted molar refractivity (Wildman–Crippen MR) is 78.1 cm³/mol. The minimum absolute atomic E-state index is 0.107. The molecule has 1 saturated carbocycles. The standard InChI is InChI=1S/C14H23BrN2O2/c1-11(2)17-8-7-16(12(18)13(17)19)10-14(9-15)5-3-4-6-14/h11H,3-10H2,1-2H3. The van der Waals surface area contributed by atoms with E-state index in [9.17, 15) is 9.59 Å². The zero-order chi connectivity index (χ0) is 14.0. The van der Waals surface area contributed by atoms with Gasteiger partial charge in [0, 0.05) is 31.0 Å². The first kappa shape index (κ1) is 14.8. The maximum absolute atomic E-state index is 12.2. The third-order valence-corrected chi connectivity index (χ3v) is 5.63. The van der Waals surface area contributed by atoms with Crippen molar-refractivity contribution < 1.29 is 9.59 Å². The van der Waals surface area contributed by atoms with Crippen molar-refractivity contribution in [1.82, 2.24) is 9.80 Å². The molecule has 4 nitrogen and oxygen atoms in total. The lowest BCUT2D eigenvalue weighted by molar-refractivity contribution is -0.158. The van der Waals surface area contributed by atoms with E-state index in [0.717, 1.165) is 24.7 Å². The number of hydrogen-bond donors (Lipinski definition) is 0. The molecule has 0 aromatic rings. The van der Waals surface area contributed by atoms with Gasteiger partial charge in [0.15, 0.2) is 0 Å². The van der Waals surface area contributed by atoms with Gasteiger partial charge in [-0.1, -0.05) is 28.8 Å². The second-order valence-corrected chi connectivity index (χ2v) is 6.72. The second-order valence-electron chi connectivity index (χ2n) is 6.16. The molecule has 19 heavy (non-hydrogen) atoms. The van der Waals surface area contributed by atoms with Crippen LogP contribution in [0, 0.1) is 5.41 Å². The number of carbonyl (C=O) groups is 2. The van der Waals surface area contributed by atoms with Gasteiger partial charge in [-0.3, -0.25) is 9.59 Å². The number of carbonyl (C=O) groups excluding carboxylic acids is 2. The lowest BCUT2D eigenvalue weighted by Gasteiger charge is -2.40. The highest BCUT2D eigenvalue weighted by Crippen LogP contribution is 2.40. The molecule has 0 spiro atoms. The number of piperazine rings is 1. The fourth-order valence-electron chi connectivity index (χ4n) is 3.20. The smallest absolute Gasteiger partial charge is 0.312 e. The molecule has 1 saturated heterocycles. The quantitative estimate of drug-likeness (QED) is 0.584. The molecule has 0 unspecified atom stereocenters. The number of amides is 2. The molecular weight excluding hydrogens is 308 g/mol. The van der Waals surface area contributed by atoms with E-state index in [1.54, 1.807) is 9.80 Å². The largest absolute Gasteiger partial charge is 0.332 e. The minimum atomic E-state index is -0.330. The maximum Gasteiger partial charge on any atom is 0.312 e. The van der Waals surface area contributed by atoms with E-state index >= 15 is 0 Å². The Kier molecular flexibility index (Phi) is 4.54. The van der Waals surface area contributed by atoms with Crippen molar-refractivity contribution in [3.05, 3.63) is 0 Å². The zero-order valence-corrected chi connectivity index (χ0v) is 13.4. The van der Waals surface area contributed by atoms with Gasteiger partial charge in [0.05, 0.1) is 0 Å². The van der Waals surface area contributed by atoms with E-state index in [2.05, 4.69) is 15.9 Å². The fraction of sp³-hybridized carbons (Fsp3) is 0.857. The lowest BCUT2D eigenvalue weighted by Crippen LogP contribution is -2.58. The summed E-state index contributed by atoms with van der Waals surface area (Å²) in [6.07, 6.45) is 4.79. The first-order valence-corrected chi connectivity index (χ1v) is 8.27. The average molecular weight is 331 g/mol. The number of nitrogens with zero attached hydrogens (tertiary/aromatic N) is 2. The van der Waals surface area contributed by atoms with Crippen molar-refractivity contribution in [3.63, 3.8) is 0 Å². The summed E-state index contributed by atoms with van der Waals surface area (Å²) >= 11 is 3.60. The Balaban J connectivity index is 2.03. The number of hydrogen-bond acceptors (Lipinski definition) is 2. The van der Waals surface area contributed by atoms with Gasteiger partial charge >= 0.3 is 11.8 Å². The predicted octanol–water partition coefficient (Wildman–Crippen LogP) is 2.02. The molecule has 1 aliphatic heterocycles. The van der Waals surface area contributed by atoms with Gasteiger partial charge in [-0.2, -0.15) is 0 Å². The van der Waals surface area contributed by atoms with Crippen molar-refractivity contribution in [2.75, 3.05) is 25.0 Å². The highest BCUT2D eigenvalue weighted by atomic mass is 79.9. The Morgan fingerprint density at radius 1 is 1.16 bits per heavy atom. The minimum Gasteiger partial charge on any atom is -0.332 e. The topological polar surface area (TPSA) is 40.6 Å². The van der Waals surface area contributed by atoms with Crippen LogP contribution in [0.15, 0.2) is 0 Å². The van der Waals surface area contributed by atoms with Crippen molar-refractivity contribution >= 4 is 27.7 Å². The number of rotatable bonds is 4. The fourth-order valence-corrected chi connectivity index (χ4v) is 3.94. The van der Waals surface area contributed by atoms with Gasteiger partial charge < -0.3 is 9.80 Å². The molecule has 0 bridgehead atoms. The maximum atomic E-state index is 12.2. The Labute approximate surface area is 123 Å². The summed E-state index contributed by atoms with van der Waals surface area (Å²) in [6.45, 7) is 5.99. The van der Waals surface area contributed by atoms with E-state index in [0.29, 0.717) is 13.1 Å². The summed E-state index contributed by atoms with van der Waals surface area (Å²) in [5.41, 5.74) is 0.190. The third-order valence-electron chi connectivity index (χ3n) is 4.44. The van der Waals surface area contributed by atoms with Crippen LogP contribution in [0.5, 0.6) is 0 Å². The summed E-state index contributed by atoms with van der Waals surface area (Å²) in [4.78, 5) is 27.7. The summed E-state index contributed by atoms with van der Waals surface area (Å²) < 4.78 is 0. The Morgan fingerprint density at radius 2 is 1.79 bits per heavy atom. The molecular formula is C14H23BrN2O2. The zero-order valence-electron chi connectivity index (χ0n) is 11.8. The molecule has 1 aliphatic carbocycles. The van der Waals surface area contributed by atoms with Crippen LogP contribution in [-0.4, -0.2) is 52.6 Å². The first-order valence-electron chi connectivity index (χ1n) is 7.15. The average Bonchev–Trinajstić information content (AvgIpc) is 2.84. The SMILES string of the molecule is CC(C)N1CCN(CC2(CBr)CCCC2)C(=O)C1=O. The summed E-state index contributed by atoms with van der Waals surface area (Å²) in [5.74, 6) is -0.642.